The third-order valence-electron chi connectivity index (χ3n) is 3.41. The molecule has 0 atom stereocenters. The van der Waals surface area contributed by atoms with Gasteiger partial charge in [0.1, 0.15) is 12.1 Å². The minimum Gasteiger partial charge on any atom is -0.497 e. The van der Waals surface area contributed by atoms with Crippen molar-refractivity contribution in [3.63, 3.8) is 0 Å². The average Bonchev–Trinajstić information content (AvgIpc) is 3.16. The Labute approximate surface area is 139 Å². The number of benzene rings is 2. The van der Waals surface area contributed by atoms with Crippen molar-refractivity contribution >= 4 is 11.6 Å². The lowest BCUT2D eigenvalue weighted by atomic mass is 10.1. The highest BCUT2D eigenvalue weighted by Crippen LogP contribution is 2.16. The van der Waals surface area contributed by atoms with Crippen molar-refractivity contribution in [2.24, 2.45) is 10.7 Å². The first-order valence-corrected chi connectivity index (χ1v) is 7.40. The molecule has 7 heteroatoms. The molecule has 0 radical (unpaired) electrons. The minimum atomic E-state index is 0.352. The van der Waals surface area contributed by atoms with Crippen molar-refractivity contribution in [1.29, 1.82) is 0 Å². The summed E-state index contributed by atoms with van der Waals surface area (Å²) in [6.45, 7) is 0.469. The molecule has 0 unspecified atom stereocenters. The molecule has 3 aromatic rings. The molecular weight excluding hydrogens is 304 g/mol. The number of hydrogen-bond acceptors (Lipinski definition) is 4. The van der Waals surface area contributed by atoms with Crippen molar-refractivity contribution in [3.05, 3.63) is 60.4 Å². The Bertz CT molecular complexity index is 811. The van der Waals surface area contributed by atoms with Gasteiger partial charge in [0.25, 0.3) is 0 Å². The second-order valence-electron chi connectivity index (χ2n) is 5.09. The summed E-state index contributed by atoms with van der Waals surface area (Å²) in [5, 5.41) is 9.75. The third kappa shape index (κ3) is 3.89. The molecule has 0 amide bonds. The SMILES string of the molecule is COc1ccc(NC(N)=NCc2cccc(-c3ncn[nH]3)c2)cc1. The Hall–Kier alpha value is -3.35. The molecule has 1 heterocycles. The molecule has 0 aliphatic rings. The van der Waals surface area contributed by atoms with Gasteiger partial charge in [-0.15, -0.1) is 0 Å². The second kappa shape index (κ2) is 7.28. The van der Waals surface area contributed by atoms with E-state index in [-0.39, 0.29) is 0 Å². The van der Waals surface area contributed by atoms with Crippen LogP contribution in [0, 0.1) is 0 Å². The third-order valence-corrected chi connectivity index (χ3v) is 3.41. The normalized spacial score (nSPS) is 11.3. The van der Waals surface area contributed by atoms with Crippen LogP contribution in [0.2, 0.25) is 0 Å². The summed E-state index contributed by atoms with van der Waals surface area (Å²) in [6, 6.07) is 15.4. The quantitative estimate of drug-likeness (QED) is 0.494. The topological polar surface area (TPSA) is 101 Å². The first-order valence-electron chi connectivity index (χ1n) is 7.40. The second-order valence-corrected chi connectivity index (χ2v) is 5.09. The molecule has 1 aromatic heterocycles. The summed E-state index contributed by atoms with van der Waals surface area (Å²) in [5.41, 5.74) is 8.78. The van der Waals surface area contributed by atoms with Gasteiger partial charge in [0.2, 0.25) is 0 Å². The number of nitrogens with zero attached hydrogens (tertiary/aromatic N) is 3. The van der Waals surface area contributed by atoms with Crippen LogP contribution in [0.5, 0.6) is 5.75 Å². The van der Waals surface area contributed by atoms with E-state index in [1.807, 2.05) is 48.5 Å². The molecule has 0 aliphatic carbocycles. The number of nitrogens with two attached hydrogens (primary N) is 1. The molecule has 0 spiro atoms. The predicted octanol–water partition coefficient (Wildman–Crippen LogP) is 2.41. The highest BCUT2D eigenvalue weighted by Gasteiger charge is 2.02. The molecule has 24 heavy (non-hydrogen) atoms. The summed E-state index contributed by atoms with van der Waals surface area (Å²) in [7, 11) is 1.63. The van der Waals surface area contributed by atoms with Gasteiger partial charge in [0.05, 0.1) is 13.7 Å². The van der Waals surface area contributed by atoms with E-state index >= 15 is 0 Å². The number of methoxy groups -OCH3 is 1. The number of nitrogens with one attached hydrogen (secondary N) is 2. The van der Waals surface area contributed by atoms with Gasteiger partial charge in [-0.1, -0.05) is 18.2 Å². The standard InChI is InChI=1S/C17H18N6O/c1-24-15-7-5-14(6-8-15)22-17(18)19-10-12-3-2-4-13(9-12)16-20-11-21-23-16/h2-9,11H,10H2,1H3,(H3,18,19,22)(H,20,21,23). The van der Waals surface area contributed by atoms with E-state index in [9.17, 15) is 0 Å². The Balaban J connectivity index is 1.65. The molecule has 0 aliphatic heterocycles. The Morgan fingerprint density at radius 2 is 2.08 bits per heavy atom. The average molecular weight is 322 g/mol. The molecule has 7 nitrogen and oxygen atoms in total. The van der Waals surface area contributed by atoms with Crippen LogP contribution in [0.15, 0.2) is 59.9 Å². The Kier molecular flexibility index (Phi) is 4.71. The lowest BCUT2D eigenvalue weighted by Crippen LogP contribution is -2.22. The summed E-state index contributed by atoms with van der Waals surface area (Å²) in [4.78, 5) is 8.50. The largest absolute Gasteiger partial charge is 0.497 e. The highest BCUT2D eigenvalue weighted by atomic mass is 16.5. The number of hydrogen-bond donors (Lipinski definition) is 3. The molecule has 0 bridgehead atoms. The maximum atomic E-state index is 5.94. The van der Waals surface area contributed by atoms with Gasteiger partial charge in [-0.3, -0.25) is 5.10 Å². The zero-order chi connectivity index (χ0) is 16.8. The number of ether oxygens (including phenoxy) is 1. The van der Waals surface area contributed by atoms with Crippen LogP contribution >= 0.6 is 0 Å². The summed E-state index contributed by atoms with van der Waals surface area (Å²) >= 11 is 0. The summed E-state index contributed by atoms with van der Waals surface area (Å²) in [5.74, 6) is 1.87. The van der Waals surface area contributed by atoms with E-state index in [0.29, 0.717) is 12.5 Å². The van der Waals surface area contributed by atoms with Gasteiger partial charge < -0.3 is 15.8 Å². The van der Waals surface area contributed by atoms with Crippen molar-refractivity contribution in [1.82, 2.24) is 15.2 Å². The zero-order valence-corrected chi connectivity index (χ0v) is 13.2. The minimum absolute atomic E-state index is 0.352. The van der Waals surface area contributed by atoms with Gasteiger partial charge in [-0.05, 0) is 35.9 Å². The summed E-state index contributed by atoms with van der Waals surface area (Å²) < 4.78 is 5.12. The first kappa shape index (κ1) is 15.5. The van der Waals surface area contributed by atoms with Gasteiger partial charge in [-0.25, -0.2) is 9.98 Å². The van der Waals surface area contributed by atoms with E-state index < -0.39 is 0 Å². The Morgan fingerprint density at radius 3 is 2.79 bits per heavy atom. The molecule has 3 rings (SSSR count). The highest BCUT2D eigenvalue weighted by molar-refractivity contribution is 5.92. The van der Waals surface area contributed by atoms with Crippen LogP contribution in [0.1, 0.15) is 5.56 Å². The van der Waals surface area contributed by atoms with Crippen molar-refractivity contribution in [2.75, 3.05) is 12.4 Å². The van der Waals surface area contributed by atoms with Crippen LogP contribution in [0.25, 0.3) is 11.4 Å². The Morgan fingerprint density at radius 1 is 1.25 bits per heavy atom. The molecule has 0 saturated heterocycles. The molecule has 2 aromatic carbocycles. The van der Waals surface area contributed by atoms with E-state index in [1.165, 1.54) is 6.33 Å². The fraction of sp³-hybridized carbons (Fsp3) is 0.118. The van der Waals surface area contributed by atoms with Crippen molar-refractivity contribution < 1.29 is 4.74 Å². The predicted molar refractivity (Wildman–Crippen MR) is 93.8 cm³/mol. The van der Waals surface area contributed by atoms with E-state index in [2.05, 4.69) is 25.5 Å². The number of aliphatic imine (C=N–C) groups is 1. The lowest BCUT2D eigenvalue weighted by molar-refractivity contribution is 0.415. The van der Waals surface area contributed by atoms with Crippen LogP contribution < -0.4 is 15.8 Å². The number of anilines is 1. The van der Waals surface area contributed by atoms with E-state index in [0.717, 1.165) is 28.4 Å². The number of rotatable bonds is 5. The zero-order valence-electron chi connectivity index (χ0n) is 13.2. The number of aromatic nitrogens is 3. The van der Waals surface area contributed by atoms with Gasteiger partial charge in [-0.2, -0.15) is 5.10 Å². The summed E-state index contributed by atoms with van der Waals surface area (Å²) in [6.07, 6.45) is 1.48. The van der Waals surface area contributed by atoms with E-state index in [1.54, 1.807) is 7.11 Å². The van der Waals surface area contributed by atoms with Crippen molar-refractivity contribution in [2.45, 2.75) is 6.54 Å². The fourth-order valence-electron chi connectivity index (χ4n) is 2.20. The molecule has 0 saturated carbocycles. The molecular formula is C17H18N6O. The molecule has 4 N–H and O–H groups in total. The number of H-pyrrole nitrogens is 1. The first-order chi connectivity index (χ1) is 11.7. The van der Waals surface area contributed by atoms with Crippen LogP contribution in [-0.2, 0) is 6.54 Å². The van der Waals surface area contributed by atoms with Crippen LogP contribution in [0.4, 0.5) is 5.69 Å². The van der Waals surface area contributed by atoms with Gasteiger partial charge in [0.15, 0.2) is 11.8 Å². The van der Waals surface area contributed by atoms with Gasteiger partial charge >= 0.3 is 0 Å². The number of guanidine groups is 1. The number of aromatic amines is 1. The van der Waals surface area contributed by atoms with Crippen LogP contribution in [-0.4, -0.2) is 28.3 Å². The smallest absolute Gasteiger partial charge is 0.193 e. The monoisotopic (exact) mass is 322 g/mol. The maximum absolute atomic E-state index is 5.94. The van der Waals surface area contributed by atoms with E-state index in [4.69, 9.17) is 10.5 Å². The molecule has 122 valence electrons. The molecule has 0 fully saturated rings. The van der Waals surface area contributed by atoms with Crippen LogP contribution in [0.3, 0.4) is 0 Å². The maximum Gasteiger partial charge on any atom is 0.193 e. The van der Waals surface area contributed by atoms with Crippen molar-refractivity contribution in [3.8, 4) is 17.1 Å². The van der Waals surface area contributed by atoms with Gasteiger partial charge in [0, 0.05) is 11.3 Å². The lowest BCUT2D eigenvalue weighted by Gasteiger charge is -2.07. The fourth-order valence-corrected chi connectivity index (χ4v) is 2.20.